The highest BCUT2D eigenvalue weighted by atomic mass is 14.3. The summed E-state index contributed by atoms with van der Waals surface area (Å²) in [6.07, 6.45) is 6.82. The number of benzene rings is 9. The van der Waals surface area contributed by atoms with Gasteiger partial charge in [0.1, 0.15) is 0 Å². The van der Waals surface area contributed by atoms with Gasteiger partial charge in [0, 0.05) is 0 Å². The summed E-state index contributed by atoms with van der Waals surface area (Å²) >= 11 is 0. The molecule has 0 aromatic heterocycles. The Morgan fingerprint density at radius 1 is 0.327 bits per heavy atom. The van der Waals surface area contributed by atoms with Gasteiger partial charge in [-0.1, -0.05) is 176 Å². The highest BCUT2D eigenvalue weighted by molar-refractivity contribution is 6.11. The zero-order chi connectivity index (χ0) is 34.4. The third-order valence-corrected chi connectivity index (χ3v) is 10.9. The summed E-state index contributed by atoms with van der Waals surface area (Å²) in [5.41, 5.74) is 15.5. The molecular weight excluding hydrogens is 625 g/mol. The van der Waals surface area contributed by atoms with Crippen molar-refractivity contribution in [1.82, 2.24) is 0 Å². The van der Waals surface area contributed by atoms with Crippen LogP contribution in [0.15, 0.2) is 188 Å². The minimum Gasteiger partial charge on any atom is -0.0836 e. The van der Waals surface area contributed by atoms with E-state index in [1.807, 2.05) is 0 Å². The van der Waals surface area contributed by atoms with Crippen LogP contribution in [0.25, 0.3) is 94.0 Å². The second kappa shape index (κ2) is 12.7. The Bertz CT molecular complexity index is 2820. The summed E-state index contributed by atoms with van der Waals surface area (Å²) in [6.45, 7) is 0. The van der Waals surface area contributed by atoms with Crippen molar-refractivity contribution in [3.05, 3.63) is 199 Å². The third-order valence-electron chi connectivity index (χ3n) is 10.9. The maximum atomic E-state index is 2.42. The van der Waals surface area contributed by atoms with Crippen molar-refractivity contribution in [2.24, 2.45) is 0 Å². The Morgan fingerprint density at radius 3 is 1.77 bits per heavy atom. The van der Waals surface area contributed by atoms with E-state index in [4.69, 9.17) is 0 Å². The van der Waals surface area contributed by atoms with E-state index in [0.717, 1.165) is 12.8 Å². The van der Waals surface area contributed by atoms with E-state index in [2.05, 4.69) is 194 Å². The quantitative estimate of drug-likeness (QED) is 0.172. The molecular formula is C52H36. The van der Waals surface area contributed by atoms with Crippen LogP contribution in [0, 0.1) is 0 Å². The predicted octanol–water partition coefficient (Wildman–Crippen LogP) is 14.4. The minimum atomic E-state index is 1.03. The molecule has 0 heterocycles. The van der Waals surface area contributed by atoms with E-state index < -0.39 is 0 Å². The van der Waals surface area contributed by atoms with Crippen LogP contribution >= 0.6 is 0 Å². The average molecular weight is 661 g/mol. The van der Waals surface area contributed by atoms with Crippen molar-refractivity contribution in [3.8, 4) is 55.6 Å². The molecule has 9 aromatic carbocycles. The molecule has 0 nitrogen and oxygen atoms in total. The molecule has 0 bridgehead atoms. The largest absolute Gasteiger partial charge is 0.0836 e. The number of fused-ring (bicyclic) bond motifs is 4. The van der Waals surface area contributed by atoms with Crippen LogP contribution in [0.4, 0.5) is 0 Å². The number of hydrogen-bond acceptors (Lipinski definition) is 0. The van der Waals surface area contributed by atoms with Crippen LogP contribution < -0.4 is 0 Å². The lowest BCUT2D eigenvalue weighted by molar-refractivity contribution is 0.991. The first-order valence-electron chi connectivity index (χ1n) is 18.3. The Morgan fingerprint density at radius 2 is 0.942 bits per heavy atom. The van der Waals surface area contributed by atoms with Gasteiger partial charge < -0.3 is 0 Å². The molecule has 0 saturated heterocycles. The molecule has 0 spiro atoms. The van der Waals surface area contributed by atoms with Gasteiger partial charge in [-0.05, 0) is 130 Å². The van der Waals surface area contributed by atoms with Gasteiger partial charge in [-0.25, -0.2) is 0 Å². The number of allylic oxidation sites excluding steroid dienone is 1. The van der Waals surface area contributed by atoms with Crippen LogP contribution in [0.1, 0.15) is 17.5 Å². The lowest BCUT2D eigenvalue weighted by Crippen LogP contribution is -2.02. The molecule has 0 heteroatoms. The summed E-state index contributed by atoms with van der Waals surface area (Å²) in [6, 6.07) is 67.0. The Kier molecular flexibility index (Phi) is 7.40. The van der Waals surface area contributed by atoms with Crippen LogP contribution in [0.5, 0.6) is 0 Å². The molecule has 0 radical (unpaired) electrons. The van der Waals surface area contributed by atoms with Crippen molar-refractivity contribution >= 4 is 38.4 Å². The van der Waals surface area contributed by atoms with Crippen molar-refractivity contribution in [1.29, 1.82) is 0 Å². The molecule has 1 aliphatic rings. The molecule has 10 rings (SSSR count). The van der Waals surface area contributed by atoms with Gasteiger partial charge >= 0.3 is 0 Å². The number of rotatable bonds is 5. The van der Waals surface area contributed by atoms with Gasteiger partial charge in [-0.2, -0.15) is 0 Å². The van der Waals surface area contributed by atoms with Crippen molar-refractivity contribution in [2.45, 2.75) is 12.8 Å². The monoisotopic (exact) mass is 660 g/mol. The molecule has 0 atom stereocenters. The first-order valence-corrected chi connectivity index (χ1v) is 18.3. The van der Waals surface area contributed by atoms with E-state index in [9.17, 15) is 0 Å². The highest BCUT2D eigenvalue weighted by Gasteiger charge is 2.22. The summed E-state index contributed by atoms with van der Waals surface area (Å²) in [5, 5.41) is 7.68. The fourth-order valence-electron chi connectivity index (χ4n) is 8.51. The van der Waals surface area contributed by atoms with Crippen LogP contribution in [-0.2, 0) is 6.42 Å². The van der Waals surface area contributed by atoms with E-state index in [1.165, 1.54) is 99.1 Å². The van der Waals surface area contributed by atoms with Gasteiger partial charge in [-0.15, -0.1) is 0 Å². The predicted molar refractivity (Wildman–Crippen MR) is 223 cm³/mol. The first kappa shape index (κ1) is 30.3. The summed E-state index contributed by atoms with van der Waals surface area (Å²) in [7, 11) is 0. The lowest BCUT2D eigenvalue weighted by Gasteiger charge is -2.24. The summed E-state index contributed by atoms with van der Waals surface area (Å²) in [5.74, 6) is 0. The molecule has 0 fully saturated rings. The van der Waals surface area contributed by atoms with Crippen LogP contribution in [0.3, 0.4) is 0 Å². The van der Waals surface area contributed by atoms with Crippen LogP contribution in [0.2, 0.25) is 0 Å². The smallest absolute Gasteiger partial charge is 0.00268 e. The second-order valence-electron chi connectivity index (χ2n) is 13.9. The molecule has 0 saturated carbocycles. The molecule has 0 aliphatic heterocycles. The average Bonchev–Trinajstić information content (AvgIpc) is 3.22. The summed E-state index contributed by atoms with van der Waals surface area (Å²) < 4.78 is 0. The molecule has 244 valence electrons. The lowest BCUT2D eigenvalue weighted by atomic mass is 9.79. The van der Waals surface area contributed by atoms with Crippen molar-refractivity contribution in [2.75, 3.05) is 0 Å². The zero-order valence-corrected chi connectivity index (χ0v) is 28.9. The van der Waals surface area contributed by atoms with E-state index in [1.54, 1.807) is 0 Å². The van der Waals surface area contributed by atoms with E-state index in [0.29, 0.717) is 0 Å². The second-order valence-corrected chi connectivity index (χ2v) is 13.9. The molecule has 1 aliphatic carbocycles. The molecule has 0 amide bonds. The highest BCUT2D eigenvalue weighted by Crippen LogP contribution is 2.46. The van der Waals surface area contributed by atoms with Gasteiger partial charge in [0.05, 0.1) is 0 Å². The Hall–Kier alpha value is -6.50. The van der Waals surface area contributed by atoms with E-state index in [-0.39, 0.29) is 0 Å². The maximum absolute atomic E-state index is 2.42. The molecule has 9 aromatic rings. The fourth-order valence-corrected chi connectivity index (χ4v) is 8.51. The van der Waals surface area contributed by atoms with Gasteiger partial charge in [0.15, 0.2) is 0 Å². The standard InChI is InChI=1S/C52H36/c1-3-14-35(15-4-1)39-28-30-45-41(32-39)29-31-44(50(45)37-17-5-2-6-18-37)40-20-13-21-42(34-40)51-46-22-9-11-24-48(46)52(49-25-12-10-23-47(49)51)43-27-26-36-16-7-8-19-38(36)33-43/h1-11,13-24,26-34H,12,25H2. The maximum Gasteiger partial charge on any atom is -0.00268 e. The molecule has 0 N–H and O–H groups in total. The van der Waals surface area contributed by atoms with Crippen LogP contribution in [-0.4, -0.2) is 0 Å². The summed E-state index contributed by atoms with van der Waals surface area (Å²) in [4.78, 5) is 0. The number of hydrogen-bond donors (Lipinski definition) is 0. The third kappa shape index (κ3) is 5.15. The normalized spacial score (nSPS) is 12.4. The Labute approximate surface area is 305 Å². The van der Waals surface area contributed by atoms with Crippen molar-refractivity contribution in [3.63, 3.8) is 0 Å². The first-order chi connectivity index (χ1) is 25.8. The van der Waals surface area contributed by atoms with Gasteiger partial charge in [-0.3, -0.25) is 0 Å². The Balaban J connectivity index is 1.18. The molecule has 52 heavy (non-hydrogen) atoms. The van der Waals surface area contributed by atoms with Crippen molar-refractivity contribution < 1.29 is 0 Å². The zero-order valence-electron chi connectivity index (χ0n) is 28.9. The van der Waals surface area contributed by atoms with Gasteiger partial charge in [0.25, 0.3) is 0 Å². The van der Waals surface area contributed by atoms with E-state index >= 15 is 0 Å². The fraction of sp³-hybridized carbons (Fsp3) is 0.0385. The SMILES string of the molecule is C1=Cc2c(c(-c3ccc4ccccc4c3)c3ccccc3c2-c2cccc(-c3ccc4cc(-c5ccccc5)ccc4c3-c3ccccc3)c2)CC1. The van der Waals surface area contributed by atoms with Gasteiger partial charge in [0.2, 0.25) is 0 Å². The topological polar surface area (TPSA) is 0 Å². The minimum absolute atomic E-state index is 1.03. The molecule has 0 unspecified atom stereocenters.